The Kier molecular flexibility index (Phi) is 5.64. The first-order chi connectivity index (χ1) is 12.1. The minimum Gasteiger partial charge on any atom is -0.375 e. The molecule has 3 rings (SSSR count). The number of nitrogens with one attached hydrogen (secondary N) is 1. The molecule has 25 heavy (non-hydrogen) atoms. The second kappa shape index (κ2) is 7.92. The van der Waals surface area contributed by atoms with Crippen molar-refractivity contribution in [2.75, 3.05) is 25.0 Å². The Morgan fingerprint density at radius 1 is 1.12 bits per heavy atom. The summed E-state index contributed by atoms with van der Waals surface area (Å²) >= 11 is 6.07. The summed E-state index contributed by atoms with van der Waals surface area (Å²) in [5.74, 6) is 0.145. The molecule has 2 aromatic rings. The second-order valence-corrected chi connectivity index (χ2v) is 7.25. The summed E-state index contributed by atoms with van der Waals surface area (Å²) in [5.41, 5.74) is 1.93. The fraction of sp³-hybridized carbons (Fsp3) is 0.381. The highest BCUT2D eigenvalue weighted by atomic mass is 35.5. The highest BCUT2D eigenvalue weighted by Crippen LogP contribution is 2.48. The van der Waals surface area contributed by atoms with Crippen molar-refractivity contribution in [2.24, 2.45) is 0 Å². The Bertz CT molecular complexity index is 713. The highest BCUT2D eigenvalue weighted by molar-refractivity contribution is 6.30. The van der Waals surface area contributed by atoms with E-state index in [1.165, 1.54) is 5.69 Å². The van der Waals surface area contributed by atoms with Crippen molar-refractivity contribution in [2.45, 2.75) is 31.1 Å². The van der Waals surface area contributed by atoms with E-state index in [4.69, 9.17) is 11.6 Å². The van der Waals surface area contributed by atoms with Gasteiger partial charge in [-0.3, -0.25) is 4.79 Å². The largest absolute Gasteiger partial charge is 0.375 e. The maximum absolute atomic E-state index is 12.6. The standard InChI is InChI=1S/C21H25ClN2O/c1-24(19-10-3-2-4-11-19)15-6-5-14-23-20(25)21(12-13-21)17-8-7-9-18(22)16-17/h2-4,7-11,16H,5-6,12-15H2,1H3,(H,23,25). The number of unbranched alkanes of at least 4 members (excludes halogenated alkanes) is 1. The molecule has 0 aromatic heterocycles. The smallest absolute Gasteiger partial charge is 0.230 e. The molecule has 1 aliphatic rings. The van der Waals surface area contributed by atoms with Crippen LogP contribution in [0.4, 0.5) is 5.69 Å². The lowest BCUT2D eigenvalue weighted by atomic mass is 9.95. The molecule has 3 nitrogen and oxygen atoms in total. The van der Waals surface area contributed by atoms with Crippen LogP contribution in [0.2, 0.25) is 5.02 Å². The van der Waals surface area contributed by atoms with Crippen LogP contribution in [-0.2, 0) is 10.2 Å². The molecule has 0 spiro atoms. The van der Waals surface area contributed by atoms with Crippen molar-refractivity contribution in [3.8, 4) is 0 Å². The SMILES string of the molecule is CN(CCCCNC(=O)C1(c2cccc(Cl)c2)CC1)c1ccccc1. The lowest BCUT2D eigenvalue weighted by molar-refractivity contribution is -0.123. The number of nitrogens with zero attached hydrogens (tertiary/aromatic N) is 1. The molecule has 1 fully saturated rings. The number of amides is 1. The summed E-state index contributed by atoms with van der Waals surface area (Å²) < 4.78 is 0. The van der Waals surface area contributed by atoms with E-state index < -0.39 is 0 Å². The molecule has 2 aromatic carbocycles. The lowest BCUT2D eigenvalue weighted by Crippen LogP contribution is -2.35. The van der Waals surface area contributed by atoms with Crippen LogP contribution in [0.15, 0.2) is 54.6 Å². The molecule has 1 aliphatic carbocycles. The number of hydrogen-bond donors (Lipinski definition) is 1. The zero-order chi connectivity index (χ0) is 17.7. The van der Waals surface area contributed by atoms with Gasteiger partial charge in [0.2, 0.25) is 5.91 Å². The molecule has 0 heterocycles. The Morgan fingerprint density at radius 3 is 2.56 bits per heavy atom. The summed E-state index contributed by atoms with van der Waals surface area (Å²) in [5, 5.41) is 3.81. The van der Waals surface area contributed by atoms with E-state index in [1.54, 1.807) is 0 Å². The highest BCUT2D eigenvalue weighted by Gasteiger charge is 2.51. The molecule has 132 valence electrons. The Morgan fingerprint density at radius 2 is 1.88 bits per heavy atom. The Hall–Kier alpha value is -2.00. The Balaban J connectivity index is 1.41. The zero-order valence-electron chi connectivity index (χ0n) is 14.7. The van der Waals surface area contributed by atoms with E-state index in [9.17, 15) is 4.79 Å². The molecular weight excluding hydrogens is 332 g/mol. The van der Waals surface area contributed by atoms with Crippen LogP contribution in [-0.4, -0.2) is 26.0 Å². The summed E-state index contributed by atoms with van der Waals surface area (Å²) in [7, 11) is 2.10. The van der Waals surface area contributed by atoms with Gasteiger partial charge in [0.1, 0.15) is 0 Å². The molecule has 1 N–H and O–H groups in total. The number of carbonyl (C=O) groups excluding carboxylic acids is 1. The van der Waals surface area contributed by atoms with Gasteiger partial charge in [-0.15, -0.1) is 0 Å². The molecule has 4 heteroatoms. The van der Waals surface area contributed by atoms with E-state index in [-0.39, 0.29) is 11.3 Å². The first-order valence-electron chi connectivity index (χ1n) is 8.92. The number of hydrogen-bond acceptors (Lipinski definition) is 2. The maximum Gasteiger partial charge on any atom is 0.230 e. The topological polar surface area (TPSA) is 32.3 Å². The van der Waals surface area contributed by atoms with Gasteiger partial charge in [0.25, 0.3) is 0 Å². The van der Waals surface area contributed by atoms with Gasteiger partial charge in [0, 0.05) is 30.8 Å². The third kappa shape index (κ3) is 4.35. The van der Waals surface area contributed by atoms with Gasteiger partial charge in [-0.25, -0.2) is 0 Å². The van der Waals surface area contributed by atoms with Crippen molar-refractivity contribution < 1.29 is 4.79 Å². The van der Waals surface area contributed by atoms with Gasteiger partial charge in [0.15, 0.2) is 0 Å². The quantitative estimate of drug-likeness (QED) is 0.711. The van der Waals surface area contributed by atoms with Crippen LogP contribution in [0, 0.1) is 0 Å². The molecule has 0 saturated heterocycles. The van der Waals surface area contributed by atoms with Crippen LogP contribution in [0.1, 0.15) is 31.2 Å². The van der Waals surface area contributed by atoms with Gasteiger partial charge in [-0.2, -0.15) is 0 Å². The van der Waals surface area contributed by atoms with Crippen LogP contribution in [0.3, 0.4) is 0 Å². The number of halogens is 1. The van der Waals surface area contributed by atoms with Crippen molar-refractivity contribution >= 4 is 23.2 Å². The van der Waals surface area contributed by atoms with E-state index in [1.807, 2.05) is 30.3 Å². The molecule has 0 bridgehead atoms. The van der Waals surface area contributed by atoms with Gasteiger partial charge >= 0.3 is 0 Å². The van der Waals surface area contributed by atoms with E-state index in [0.29, 0.717) is 5.02 Å². The minimum atomic E-state index is -0.342. The van der Waals surface area contributed by atoms with E-state index >= 15 is 0 Å². The lowest BCUT2D eigenvalue weighted by Gasteiger charge is -2.19. The predicted octanol–water partition coefficient (Wildman–Crippen LogP) is 4.40. The zero-order valence-corrected chi connectivity index (χ0v) is 15.4. The van der Waals surface area contributed by atoms with Gasteiger partial charge < -0.3 is 10.2 Å². The number of carbonyl (C=O) groups is 1. The number of rotatable bonds is 8. The van der Waals surface area contributed by atoms with Crippen LogP contribution in [0.25, 0.3) is 0 Å². The fourth-order valence-electron chi connectivity index (χ4n) is 3.21. The average Bonchev–Trinajstić information content (AvgIpc) is 3.44. The van der Waals surface area contributed by atoms with E-state index in [2.05, 4.69) is 41.5 Å². The summed E-state index contributed by atoms with van der Waals surface area (Å²) in [6.07, 6.45) is 3.86. The monoisotopic (exact) mass is 356 g/mol. The molecule has 0 radical (unpaired) electrons. The summed E-state index contributed by atoms with van der Waals surface area (Å²) in [4.78, 5) is 14.8. The Labute approximate surface area is 155 Å². The molecule has 0 unspecified atom stereocenters. The fourth-order valence-corrected chi connectivity index (χ4v) is 3.40. The van der Waals surface area contributed by atoms with Crippen LogP contribution >= 0.6 is 11.6 Å². The summed E-state index contributed by atoms with van der Waals surface area (Å²) in [6, 6.07) is 18.1. The first-order valence-corrected chi connectivity index (χ1v) is 9.30. The van der Waals surface area contributed by atoms with Crippen LogP contribution < -0.4 is 10.2 Å². The van der Waals surface area contributed by atoms with Gasteiger partial charge in [-0.1, -0.05) is 41.9 Å². The summed E-state index contributed by atoms with van der Waals surface area (Å²) in [6.45, 7) is 1.71. The molecule has 0 atom stereocenters. The molecule has 0 aliphatic heterocycles. The second-order valence-electron chi connectivity index (χ2n) is 6.81. The van der Waals surface area contributed by atoms with Crippen molar-refractivity contribution in [3.63, 3.8) is 0 Å². The number of para-hydroxylation sites is 1. The van der Waals surface area contributed by atoms with Gasteiger partial charge in [-0.05, 0) is 55.5 Å². The van der Waals surface area contributed by atoms with Crippen molar-refractivity contribution in [1.82, 2.24) is 5.32 Å². The molecule has 1 saturated carbocycles. The number of benzene rings is 2. The predicted molar refractivity (Wildman–Crippen MR) is 104 cm³/mol. The number of anilines is 1. The normalized spacial score (nSPS) is 14.8. The average molecular weight is 357 g/mol. The molecule has 1 amide bonds. The van der Waals surface area contributed by atoms with Crippen LogP contribution in [0.5, 0.6) is 0 Å². The van der Waals surface area contributed by atoms with Gasteiger partial charge in [0.05, 0.1) is 5.41 Å². The van der Waals surface area contributed by atoms with Crippen molar-refractivity contribution in [3.05, 3.63) is 65.2 Å². The first kappa shape index (κ1) is 17.8. The maximum atomic E-state index is 12.6. The third-order valence-corrected chi connectivity index (χ3v) is 5.20. The van der Waals surface area contributed by atoms with Crippen molar-refractivity contribution in [1.29, 1.82) is 0 Å². The van der Waals surface area contributed by atoms with E-state index in [0.717, 1.165) is 44.3 Å². The minimum absolute atomic E-state index is 0.145. The molecular formula is C21H25ClN2O. The third-order valence-electron chi connectivity index (χ3n) is 4.96.